The van der Waals surface area contributed by atoms with Crippen LogP contribution in [0.2, 0.25) is 0 Å². The van der Waals surface area contributed by atoms with Crippen molar-refractivity contribution < 1.29 is 0 Å². The van der Waals surface area contributed by atoms with Gasteiger partial charge in [-0.2, -0.15) is 0 Å². The zero-order valence-electron chi connectivity index (χ0n) is 7.56. The lowest BCUT2D eigenvalue weighted by atomic mass is 9.98. The van der Waals surface area contributed by atoms with Crippen LogP contribution >= 0.6 is 0 Å². The van der Waals surface area contributed by atoms with Gasteiger partial charge in [-0.3, -0.25) is 4.90 Å². The maximum atomic E-state index is 2.52. The van der Waals surface area contributed by atoms with Crippen molar-refractivity contribution in [1.29, 1.82) is 0 Å². The van der Waals surface area contributed by atoms with Crippen molar-refractivity contribution in [3.63, 3.8) is 0 Å². The predicted octanol–water partition coefficient (Wildman–Crippen LogP) is 2.19. The van der Waals surface area contributed by atoms with Gasteiger partial charge in [-0.15, -0.1) is 0 Å². The van der Waals surface area contributed by atoms with Crippen LogP contribution < -0.4 is 0 Å². The van der Waals surface area contributed by atoms with Crippen LogP contribution in [0.1, 0.15) is 32.6 Å². The van der Waals surface area contributed by atoms with Gasteiger partial charge in [-0.05, 0) is 39.7 Å². The smallest absolute Gasteiger partial charge is 0.0195 e. The second-order valence-electron chi connectivity index (χ2n) is 4.05. The Kier molecular flexibility index (Phi) is 1.76. The summed E-state index contributed by atoms with van der Waals surface area (Å²) in [7, 11) is 2.27. The Balaban J connectivity index is 2.27. The molecule has 1 nitrogen and oxygen atoms in total. The highest BCUT2D eigenvalue weighted by Gasteiger charge is 2.25. The van der Waals surface area contributed by atoms with Gasteiger partial charge in [0.1, 0.15) is 0 Å². The summed E-state index contributed by atoms with van der Waals surface area (Å²) in [5.74, 6) is 0. The first kappa shape index (κ1) is 7.35. The van der Waals surface area contributed by atoms with Gasteiger partial charge in [0.25, 0.3) is 0 Å². The van der Waals surface area contributed by atoms with Gasteiger partial charge in [0, 0.05) is 12.6 Å². The standard InChI is InChI=1S/C10H17N/c1-8-6-10-5-3-4-9(8)7-11(10)2/h10H,3-7H2,1-2H3. The van der Waals surface area contributed by atoms with E-state index in [-0.39, 0.29) is 0 Å². The van der Waals surface area contributed by atoms with E-state index in [0.29, 0.717) is 0 Å². The summed E-state index contributed by atoms with van der Waals surface area (Å²) in [6, 6.07) is 0.862. The lowest BCUT2D eigenvalue weighted by Crippen LogP contribution is -2.35. The summed E-state index contributed by atoms with van der Waals surface area (Å²) in [6.07, 6.45) is 5.54. The fourth-order valence-corrected chi connectivity index (χ4v) is 2.38. The summed E-state index contributed by atoms with van der Waals surface area (Å²) in [5.41, 5.74) is 3.41. The third-order valence-electron chi connectivity index (χ3n) is 3.22. The SMILES string of the molecule is CC1=C2CCCC(C1)N(C)C2. The molecular weight excluding hydrogens is 134 g/mol. The Hall–Kier alpha value is -0.300. The van der Waals surface area contributed by atoms with Crippen LogP contribution in [0.3, 0.4) is 0 Å². The lowest BCUT2D eigenvalue weighted by Gasteiger charge is -2.31. The average molecular weight is 151 g/mol. The zero-order chi connectivity index (χ0) is 7.84. The van der Waals surface area contributed by atoms with E-state index in [1.54, 1.807) is 11.1 Å². The van der Waals surface area contributed by atoms with Crippen LogP contribution in [0.4, 0.5) is 0 Å². The predicted molar refractivity (Wildman–Crippen MR) is 47.6 cm³/mol. The molecule has 0 N–H and O–H groups in total. The largest absolute Gasteiger partial charge is 0.299 e. The van der Waals surface area contributed by atoms with Crippen molar-refractivity contribution >= 4 is 0 Å². The molecule has 2 bridgehead atoms. The van der Waals surface area contributed by atoms with Gasteiger partial charge in [-0.25, -0.2) is 0 Å². The Morgan fingerprint density at radius 3 is 3.09 bits per heavy atom. The molecule has 2 aliphatic heterocycles. The molecule has 11 heavy (non-hydrogen) atoms. The number of rotatable bonds is 0. The molecule has 0 aromatic heterocycles. The van der Waals surface area contributed by atoms with E-state index >= 15 is 0 Å². The Labute approximate surface area is 69.1 Å². The summed E-state index contributed by atoms with van der Waals surface area (Å²) >= 11 is 0. The number of fused-ring (bicyclic) bond motifs is 4. The van der Waals surface area contributed by atoms with Crippen LogP contribution in [-0.2, 0) is 0 Å². The summed E-state index contributed by atoms with van der Waals surface area (Å²) in [4.78, 5) is 2.52. The molecule has 1 heteroatoms. The first-order valence-corrected chi connectivity index (χ1v) is 4.65. The van der Waals surface area contributed by atoms with Gasteiger partial charge in [-0.1, -0.05) is 11.1 Å². The molecule has 1 atom stereocenters. The van der Waals surface area contributed by atoms with E-state index in [1.807, 2.05) is 0 Å². The van der Waals surface area contributed by atoms with Crippen LogP contribution in [0.5, 0.6) is 0 Å². The topological polar surface area (TPSA) is 3.24 Å². The second-order valence-corrected chi connectivity index (χ2v) is 4.05. The number of hydrogen-bond acceptors (Lipinski definition) is 1. The molecule has 3 rings (SSSR count). The van der Waals surface area contributed by atoms with Crippen LogP contribution in [0.15, 0.2) is 11.1 Å². The van der Waals surface area contributed by atoms with E-state index in [1.165, 1.54) is 32.2 Å². The van der Waals surface area contributed by atoms with E-state index < -0.39 is 0 Å². The summed E-state index contributed by atoms with van der Waals surface area (Å²) < 4.78 is 0. The minimum atomic E-state index is 0.862. The van der Waals surface area contributed by atoms with Crippen molar-refractivity contribution in [3.8, 4) is 0 Å². The maximum Gasteiger partial charge on any atom is 0.0195 e. The van der Waals surface area contributed by atoms with E-state index in [4.69, 9.17) is 0 Å². The molecule has 0 aromatic carbocycles. The highest BCUT2D eigenvalue weighted by atomic mass is 15.1. The van der Waals surface area contributed by atoms with Crippen molar-refractivity contribution in [2.24, 2.45) is 0 Å². The molecule has 0 amide bonds. The van der Waals surface area contributed by atoms with Gasteiger partial charge in [0.2, 0.25) is 0 Å². The Morgan fingerprint density at radius 1 is 1.45 bits per heavy atom. The number of nitrogens with zero attached hydrogens (tertiary/aromatic N) is 1. The van der Waals surface area contributed by atoms with Gasteiger partial charge >= 0.3 is 0 Å². The molecule has 2 heterocycles. The quantitative estimate of drug-likeness (QED) is 0.480. The summed E-state index contributed by atoms with van der Waals surface area (Å²) in [6.45, 7) is 3.57. The number of likely N-dealkylation sites (N-methyl/N-ethyl adjacent to an activating group) is 1. The van der Waals surface area contributed by atoms with Crippen LogP contribution in [0, 0.1) is 0 Å². The van der Waals surface area contributed by atoms with Crippen LogP contribution in [0.25, 0.3) is 0 Å². The van der Waals surface area contributed by atoms with E-state index in [2.05, 4.69) is 18.9 Å². The molecule has 1 fully saturated rings. The molecular formula is C10H17N. The van der Waals surface area contributed by atoms with Crippen LogP contribution in [-0.4, -0.2) is 24.5 Å². The van der Waals surface area contributed by atoms with Crippen molar-refractivity contribution in [1.82, 2.24) is 4.90 Å². The van der Waals surface area contributed by atoms with Crippen molar-refractivity contribution in [2.75, 3.05) is 13.6 Å². The molecule has 3 aliphatic rings. The van der Waals surface area contributed by atoms with E-state index in [9.17, 15) is 0 Å². The first-order chi connectivity index (χ1) is 5.27. The normalized spacial score (nSPS) is 32.7. The third-order valence-corrected chi connectivity index (χ3v) is 3.22. The monoisotopic (exact) mass is 151 g/mol. The van der Waals surface area contributed by atoms with Gasteiger partial charge < -0.3 is 0 Å². The highest BCUT2D eigenvalue weighted by Crippen LogP contribution is 2.31. The fraction of sp³-hybridized carbons (Fsp3) is 0.800. The lowest BCUT2D eigenvalue weighted by molar-refractivity contribution is 0.244. The molecule has 62 valence electrons. The highest BCUT2D eigenvalue weighted by molar-refractivity contribution is 5.20. The molecule has 0 saturated carbocycles. The maximum absolute atomic E-state index is 2.52. The van der Waals surface area contributed by atoms with Gasteiger partial charge in [0.05, 0.1) is 0 Å². The van der Waals surface area contributed by atoms with E-state index in [0.717, 1.165) is 6.04 Å². The first-order valence-electron chi connectivity index (χ1n) is 4.65. The second kappa shape index (κ2) is 2.63. The average Bonchev–Trinajstić information content (AvgIpc) is 2.21. The minimum absolute atomic E-state index is 0.862. The molecule has 1 saturated heterocycles. The molecule has 0 radical (unpaired) electrons. The third kappa shape index (κ3) is 1.22. The van der Waals surface area contributed by atoms with Gasteiger partial charge in [0.15, 0.2) is 0 Å². The zero-order valence-corrected chi connectivity index (χ0v) is 7.56. The van der Waals surface area contributed by atoms with Crippen molar-refractivity contribution in [2.45, 2.75) is 38.6 Å². The van der Waals surface area contributed by atoms with Crippen molar-refractivity contribution in [3.05, 3.63) is 11.1 Å². The molecule has 0 aromatic rings. The summed E-state index contributed by atoms with van der Waals surface area (Å²) in [5, 5.41) is 0. The number of hydrogen-bond donors (Lipinski definition) is 0. The fourth-order valence-electron chi connectivity index (χ4n) is 2.38. The Morgan fingerprint density at radius 2 is 2.27 bits per heavy atom. The Bertz CT molecular complexity index is 193. The minimum Gasteiger partial charge on any atom is -0.299 e. The molecule has 0 spiro atoms. The molecule has 1 aliphatic carbocycles. The molecule has 1 unspecified atom stereocenters.